The molecular weight excluding hydrogens is 305 g/mol. The Labute approximate surface area is 139 Å². The molecule has 4 rings (SSSR count). The summed E-state index contributed by atoms with van der Waals surface area (Å²) in [7, 11) is 2.04. The first kappa shape index (κ1) is 14.8. The maximum Gasteiger partial charge on any atom is 0.135 e. The molecule has 0 saturated heterocycles. The zero-order valence-corrected chi connectivity index (χ0v) is 13.5. The van der Waals surface area contributed by atoms with Crippen LogP contribution in [0.1, 0.15) is 23.2 Å². The SMILES string of the molecule is CN(Cc1cnn(-c2ccc(F)cc2)c1)c1ncnc2c1CCC2. The zero-order valence-electron chi connectivity index (χ0n) is 13.5. The molecule has 2 heterocycles. The first-order valence-electron chi connectivity index (χ1n) is 8.04. The van der Waals surface area contributed by atoms with Crippen LogP contribution in [0, 0.1) is 5.82 Å². The Kier molecular flexibility index (Phi) is 3.72. The highest BCUT2D eigenvalue weighted by molar-refractivity contribution is 5.50. The molecule has 0 radical (unpaired) electrons. The molecule has 0 bridgehead atoms. The summed E-state index contributed by atoms with van der Waals surface area (Å²) in [6.45, 7) is 0.713. The lowest BCUT2D eigenvalue weighted by atomic mass is 10.2. The van der Waals surface area contributed by atoms with Gasteiger partial charge in [0.25, 0.3) is 0 Å². The molecule has 5 nitrogen and oxygen atoms in total. The minimum absolute atomic E-state index is 0.247. The summed E-state index contributed by atoms with van der Waals surface area (Å²) in [5.41, 5.74) is 4.36. The Balaban J connectivity index is 1.54. The predicted molar refractivity (Wildman–Crippen MR) is 89.7 cm³/mol. The lowest BCUT2D eigenvalue weighted by molar-refractivity contribution is 0.627. The van der Waals surface area contributed by atoms with E-state index in [2.05, 4.69) is 20.0 Å². The first-order chi connectivity index (χ1) is 11.7. The molecule has 0 fully saturated rings. The number of aromatic nitrogens is 4. The molecule has 3 aromatic rings. The van der Waals surface area contributed by atoms with Crippen molar-refractivity contribution >= 4 is 5.82 Å². The normalized spacial score (nSPS) is 13.1. The van der Waals surface area contributed by atoms with E-state index in [1.165, 1.54) is 23.4 Å². The average Bonchev–Trinajstić information content (AvgIpc) is 3.24. The Morgan fingerprint density at radius 1 is 1.17 bits per heavy atom. The van der Waals surface area contributed by atoms with Gasteiger partial charge in [0.15, 0.2) is 0 Å². The van der Waals surface area contributed by atoms with Crippen molar-refractivity contribution in [1.29, 1.82) is 0 Å². The van der Waals surface area contributed by atoms with Crippen LogP contribution in [0.3, 0.4) is 0 Å². The number of anilines is 1. The number of hydrogen-bond donors (Lipinski definition) is 0. The fourth-order valence-electron chi connectivity index (χ4n) is 3.20. The van der Waals surface area contributed by atoms with Gasteiger partial charge in [0, 0.05) is 36.6 Å². The van der Waals surface area contributed by atoms with E-state index >= 15 is 0 Å². The molecule has 0 amide bonds. The molecule has 1 aliphatic carbocycles. The van der Waals surface area contributed by atoms with Crippen LogP contribution in [0.4, 0.5) is 10.2 Å². The highest BCUT2D eigenvalue weighted by Gasteiger charge is 2.19. The maximum absolute atomic E-state index is 13.0. The third kappa shape index (κ3) is 2.75. The topological polar surface area (TPSA) is 46.8 Å². The number of aryl methyl sites for hydroxylation is 1. The molecule has 0 saturated carbocycles. The summed E-state index contributed by atoms with van der Waals surface area (Å²) in [4.78, 5) is 11.0. The van der Waals surface area contributed by atoms with E-state index in [0.29, 0.717) is 6.54 Å². The predicted octanol–water partition coefficient (Wildman–Crippen LogP) is 2.93. The second kappa shape index (κ2) is 6.03. The molecule has 0 N–H and O–H groups in total. The van der Waals surface area contributed by atoms with Crippen molar-refractivity contribution in [2.45, 2.75) is 25.8 Å². The molecule has 1 aliphatic rings. The average molecular weight is 323 g/mol. The van der Waals surface area contributed by atoms with E-state index in [9.17, 15) is 4.39 Å². The van der Waals surface area contributed by atoms with Crippen LogP contribution in [0.2, 0.25) is 0 Å². The van der Waals surface area contributed by atoms with Gasteiger partial charge >= 0.3 is 0 Å². The zero-order chi connectivity index (χ0) is 16.5. The van der Waals surface area contributed by atoms with Crippen molar-refractivity contribution in [3.63, 3.8) is 0 Å². The lowest BCUT2D eigenvalue weighted by Gasteiger charge is -2.19. The van der Waals surface area contributed by atoms with Gasteiger partial charge in [-0.15, -0.1) is 0 Å². The summed E-state index contributed by atoms with van der Waals surface area (Å²) in [6, 6.07) is 6.31. The molecule has 0 atom stereocenters. The Hall–Kier alpha value is -2.76. The third-order valence-electron chi connectivity index (χ3n) is 4.36. The first-order valence-corrected chi connectivity index (χ1v) is 8.04. The van der Waals surface area contributed by atoms with Crippen LogP contribution in [0.5, 0.6) is 0 Å². The number of halogens is 1. The molecule has 6 heteroatoms. The molecule has 122 valence electrons. The molecule has 1 aromatic carbocycles. The lowest BCUT2D eigenvalue weighted by Crippen LogP contribution is -2.19. The minimum Gasteiger partial charge on any atom is -0.355 e. The van der Waals surface area contributed by atoms with Crippen molar-refractivity contribution < 1.29 is 4.39 Å². The van der Waals surface area contributed by atoms with Crippen LogP contribution >= 0.6 is 0 Å². The monoisotopic (exact) mass is 323 g/mol. The van der Waals surface area contributed by atoms with Gasteiger partial charge in [0.2, 0.25) is 0 Å². The molecule has 0 unspecified atom stereocenters. The van der Waals surface area contributed by atoms with Gasteiger partial charge in [-0.05, 0) is 43.5 Å². The Morgan fingerprint density at radius 3 is 2.83 bits per heavy atom. The summed E-state index contributed by atoms with van der Waals surface area (Å²) < 4.78 is 14.8. The molecule has 2 aromatic heterocycles. The van der Waals surface area contributed by atoms with E-state index in [-0.39, 0.29) is 5.82 Å². The molecule has 0 aliphatic heterocycles. The minimum atomic E-state index is -0.247. The maximum atomic E-state index is 13.0. The third-order valence-corrected chi connectivity index (χ3v) is 4.36. The van der Waals surface area contributed by atoms with Gasteiger partial charge in [-0.25, -0.2) is 19.0 Å². The van der Waals surface area contributed by atoms with Crippen molar-refractivity contribution in [2.24, 2.45) is 0 Å². The number of rotatable bonds is 4. The highest BCUT2D eigenvalue weighted by Crippen LogP contribution is 2.27. The van der Waals surface area contributed by atoms with Crippen molar-refractivity contribution in [3.05, 3.63) is 65.6 Å². The molecular formula is C18H18FN5. The van der Waals surface area contributed by atoms with Gasteiger partial charge in [-0.1, -0.05) is 0 Å². The number of benzene rings is 1. The highest BCUT2D eigenvalue weighted by atomic mass is 19.1. The van der Waals surface area contributed by atoms with Crippen LogP contribution in [0.15, 0.2) is 43.0 Å². The van der Waals surface area contributed by atoms with E-state index in [1.807, 2.05) is 19.4 Å². The van der Waals surface area contributed by atoms with Gasteiger partial charge in [0.1, 0.15) is 18.0 Å². The van der Waals surface area contributed by atoms with Gasteiger partial charge in [-0.3, -0.25) is 0 Å². The van der Waals surface area contributed by atoms with E-state index < -0.39 is 0 Å². The van der Waals surface area contributed by atoms with E-state index in [4.69, 9.17) is 0 Å². The smallest absolute Gasteiger partial charge is 0.135 e. The van der Waals surface area contributed by atoms with Gasteiger partial charge in [0.05, 0.1) is 11.9 Å². The largest absolute Gasteiger partial charge is 0.355 e. The van der Waals surface area contributed by atoms with Crippen LogP contribution in [0.25, 0.3) is 5.69 Å². The summed E-state index contributed by atoms with van der Waals surface area (Å²) in [5, 5.41) is 4.37. The second-order valence-corrected chi connectivity index (χ2v) is 6.10. The van der Waals surface area contributed by atoms with Crippen LogP contribution < -0.4 is 4.90 Å². The van der Waals surface area contributed by atoms with E-state index in [0.717, 1.165) is 36.3 Å². The summed E-state index contributed by atoms with van der Waals surface area (Å²) in [5.74, 6) is 0.760. The van der Waals surface area contributed by atoms with Crippen LogP contribution in [-0.2, 0) is 19.4 Å². The summed E-state index contributed by atoms with van der Waals surface area (Å²) in [6.07, 6.45) is 8.69. The summed E-state index contributed by atoms with van der Waals surface area (Å²) >= 11 is 0. The van der Waals surface area contributed by atoms with Crippen molar-refractivity contribution in [3.8, 4) is 5.69 Å². The van der Waals surface area contributed by atoms with Crippen molar-refractivity contribution in [1.82, 2.24) is 19.7 Å². The fourth-order valence-corrected chi connectivity index (χ4v) is 3.20. The fraction of sp³-hybridized carbons (Fsp3) is 0.278. The quantitative estimate of drug-likeness (QED) is 0.741. The Morgan fingerprint density at radius 2 is 2.00 bits per heavy atom. The number of nitrogens with zero attached hydrogens (tertiary/aromatic N) is 5. The molecule has 0 spiro atoms. The number of fused-ring (bicyclic) bond motifs is 1. The van der Waals surface area contributed by atoms with Crippen LogP contribution in [-0.4, -0.2) is 26.8 Å². The number of hydrogen-bond acceptors (Lipinski definition) is 4. The van der Waals surface area contributed by atoms with Gasteiger partial charge in [-0.2, -0.15) is 5.10 Å². The van der Waals surface area contributed by atoms with E-state index in [1.54, 1.807) is 23.1 Å². The standard InChI is InChI=1S/C18H18FN5/c1-23(18-16-3-2-4-17(16)20-12-21-18)10-13-9-22-24(11-13)15-7-5-14(19)6-8-15/h5-9,11-12H,2-4,10H2,1H3. The van der Waals surface area contributed by atoms with Gasteiger partial charge < -0.3 is 4.90 Å². The Bertz CT molecular complexity index is 856. The van der Waals surface area contributed by atoms with Crippen molar-refractivity contribution in [2.75, 3.05) is 11.9 Å². The second-order valence-electron chi connectivity index (χ2n) is 6.10. The molecule has 24 heavy (non-hydrogen) atoms.